The largest absolute Gasteiger partial charge is 0.302 e. The zero-order valence-electron chi connectivity index (χ0n) is 12.8. The summed E-state index contributed by atoms with van der Waals surface area (Å²) in [6.07, 6.45) is 4.72. The van der Waals surface area contributed by atoms with E-state index in [0.29, 0.717) is 16.5 Å². The molecule has 25 heavy (non-hydrogen) atoms. The minimum absolute atomic E-state index is 0.0742. The third kappa shape index (κ3) is 3.05. The Morgan fingerprint density at radius 2 is 1.88 bits per heavy atom. The first-order valence-corrected chi connectivity index (χ1v) is 7.77. The number of amides is 1. The van der Waals surface area contributed by atoms with Crippen molar-refractivity contribution in [3.05, 3.63) is 71.9 Å². The Kier molecular flexibility index (Phi) is 3.83. The Hall–Kier alpha value is -3.32. The van der Waals surface area contributed by atoms with Crippen molar-refractivity contribution in [1.82, 2.24) is 24.6 Å². The molecule has 0 aliphatic carbocycles. The van der Waals surface area contributed by atoms with E-state index >= 15 is 0 Å². The van der Waals surface area contributed by atoms with Crippen LogP contribution in [0.3, 0.4) is 0 Å². The molecule has 3 aromatic heterocycles. The van der Waals surface area contributed by atoms with Crippen LogP contribution in [0.5, 0.6) is 0 Å². The van der Waals surface area contributed by atoms with Crippen molar-refractivity contribution in [1.29, 1.82) is 0 Å². The maximum absolute atomic E-state index is 12.2. The molecule has 7 nitrogen and oxygen atoms in total. The molecule has 0 atom stereocenters. The number of carbonyl (C=O) groups excluding carboxylic acids is 1. The summed E-state index contributed by atoms with van der Waals surface area (Å²) in [4.78, 5) is 24.3. The van der Waals surface area contributed by atoms with Crippen LogP contribution in [0.15, 0.2) is 61.1 Å². The van der Waals surface area contributed by atoms with Crippen LogP contribution in [0.1, 0.15) is 10.6 Å². The fourth-order valence-corrected chi connectivity index (χ4v) is 2.56. The van der Waals surface area contributed by atoms with Crippen molar-refractivity contribution in [2.75, 3.05) is 5.32 Å². The number of fused-ring (bicyclic) bond motifs is 1. The number of halogens is 1. The maximum atomic E-state index is 12.2. The van der Waals surface area contributed by atoms with Gasteiger partial charge in [0.2, 0.25) is 5.82 Å². The minimum atomic E-state index is -0.433. The highest BCUT2D eigenvalue weighted by Gasteiger charge is 2.12. The van der Waals surface area contributed by atoms with Crippen molar-refractivity contribution >= 4 is 29.0 Å². The first-order valence-electron chi connectivity index (χ1n) is 7.40. The Morgan fingerprint density at radius 1 is 1.04 bits per heavy atom. The first kappa shape index (κ1) is 15.2. The number of hydrogen-bond acceptors (Lipinski definition) is 5. The second-order valence-electron chi connectivity index (χ2n) is 5.17. The smallest absolute Gasteiger partial charge is 0.294 e. The van der Waals surface area contributed by atoms with Crippen LogP contribution in [-0.2, 0) is 0 Å². The number of hydrogen-bond donors (Lipinski definition) is 1. The SMILES string of the molecule is O=C(Nc1ccc2ncc(-c3cccc(Cl)c3)n2n1)c1ncccn1. The van der Waals surface area contributed by atoms with Crippen molar-refractivity contribution in [3.63, 3.8) is 0 Å². The van der Waals surface area contributed by atoms with E-state index in [2.05, 4.69) is 25.4 Å². The second-order valence-corrected chi connectivity index (χ2v) is 5.61. The Morgan fingerprint density at radius 3 is 2.68 bits per heavy atom. The van der Waals surface area contributed by atoms with E-state index in [-0.39, 0.29) is 5.82 Å². The molecule has 0 fully saturated rings. The summed E-state index contributed by atoms with van der Waals surface area (Å²) in [6.45, 7) is 0. The van der Waals surface area contributed by atoms with Gasteiger partial charge in [0.1, 0.15) is 0 Å². The molecule has 0 unspecified atom stereocenters. The summed E-state index contributed by atoms with van der Waals surface area (Å²) in [5, 5.41) is 7.73. The fourth-order valence-electron chi connectivity index (χ4n) is 2.37. The highest BCUT2D eigenvalue weighted by Crippen LogP contribution is 2.23. The molecular formula is C17H11ClN6O. The van der Waals surface area contributed by atoms with Crippen LogP contribution in [-0.4, -0.2) is 30.5 Å². The molecule has 0 spiro atoms. The van der Waals surface area contributed by atoms with Gasteiger partial charge in [-0.05, 0) is 30.3 Å². The number of anilines is 1. The average molecular weight is 351 g/mol. The van der Waals surface area contributed by atoms with E-state index in [0.717, 1.165) is 11.3 Å². The van der Waals surface area contributed by atoms with Crippen molar-refractivity contribution in [2.24, 2.45) is 0 Å². The van der Waals surface area contributed by atoms with E-state index in [9.17, 15) is 4.79 Å². The van der Waals surface area contributed by atoms with Gasteiger partial charge in [-0.1, -0.05) is 23.7 Å². The van der Waals surface area contributed by atoms with Gasteiger partial charge >= 0.3 is 0 Å². The standard InChI is InChI=1S/C17H11ClN6O/c18-12-4-1-3-11(9-12)13-10-21-15-6-5-14(23-24(13)15)22-17(25)16-19-7-2-8-20-16/h1-10H,(H,22,23,25). The topological polar surface area (TPSA) is 85.1 Å². The highest BCUT2D eigenvalue weighted by molar-refractivity contribution is 6.30. The van der Waals surface area contributed by atoms with Crippen LogP contribution < -0.4 is 5.32 Å². The molecular weight excluding hydrogens is 340 g/mol. The third-order valence-corrected chi connectivity index (χ3v) is 3.73. The minimum Gasteiger partial charge on any atom is -0.302 e. The Balaban J connectivity index is 1.70. The molecule has 0 radical (unpaired) electrons. The first-order chi connectivity index (χ1) is 12.2. The van der Waals surface area contributed by atoms with E-state index in [1.54, 1.807) is 35.0 Å². The zero-order chi connectivity index (χ0) is 17.2. The molecule has 122 valence electrons. The van der Waals surface area contributed by atoms with Crippen molar-refractivity contribution < 1.29 is 4.79 Å². The lowest BCUT2D eigenvalue weighted by molar-refractivity contribution is 0.101. The molecule has 8 heteroatoms. The van der Waals surface area contributed by atoms with E-state index in [4.69, 9.17) is 11.6 Å². The Bertz CT molecular complexity index is 1060. The van der Waals surface area contributed by atoms with Gasteiger partial charge in [0.25, 0.3) is 5.91 Å². The molecule has 4 rings (SSSR count). The summed E-state index contributed by atoms with van der Waals surface area (Å²) in [6, 6.07) is 12.5. The zero-order valence-corrected chi connectivity index (χ0v) is 13.6. The molecule has 1 aromatic carbocycles. The number of aromatic nitrogens is 5. The van der Waals surface area contributed by atoms with E-state index in [1.807, 2.05) is 18.2 Å². The molecule has 0 bridgehead atoms. The van der Waals surface area contributed by atoms with Crippen LogP contribution in [0.2, 0.25) is 5.02 Å². The predicted molar refractivity (Wildman–Crippen MR) is 93.4 cm³/mol. The molecule has 0 saturated carbocycles. The number of rotatable bonds is 3. The average Bonchev–Trinajstić information content (AvgIpc) is 3.06. The number of benzene rings is 1. The summed E-state index contributed by atoms with van der Waals surface area (Å²) in [7, 11) is 0. The lowest BCUT2D eigenvalue weighted by atomic mass is 10.2. The van der Waals surface area contributed by atoms with Crippen LogP contribution in [0, 0.1) is 0 Å². The van der Waals surface area contributed by atoms with Gasteiger partial charge in [-0.3, -0.25) is 4.79 Å². The predicted octanol–water partition coefficient (Wildman–Crippen LogP) is 3.09. The summed E-state index contributed by atoms with van der Waals surface area (Å²) >= 11 is 6.06. The third-order valence-electron chi connectivity index (χ3n) is 3.49. The molecule has 0 saturated heterocycles. The van der Waals surface area contributed by atoms with Gasteiger partial charge in [-0.25, -0.2) is 19.5 Å². The highest BCUT2D eigenvalue weighted by atomic mass is 35.5. The van der Waals surface area contributed by atoms with Gasteiger partial charge in [0.15, 0.2) is 11.5 Å². The van der Waals surface area contributed by atoms with Gasteiger partial charge < -0.3 is 5.32 Å². The number of nitrogens with zero attached hydrogens (tertiary/aromatic N) is 5. The molecule has 0 aliphatic rings. The second kappa shape index (κ2) is 6.29. The van der Waals surface area contributed by atoms with Crippen molar-refractivity contribution in [3.8, 4) is 11.3 Å². The Labute approximate surface area is 147 Å². The van der Waals surface area contributed by atoms with Gasteiger partial charge in [0, 0.05) is 23.0 Å². The van der Waals surface area contributed by atoms with E-state index in [1.165, 1.54) is 12.4 Å². The lowest BCUT2D eigenvalue weighted by Crippen LogP contribution is -2.16. The summed E-state index contributed by atoms with van der Waals surface area (Å²) in [5.41, 5.74) is 2.30. The van der Waals surface area contributed by atoms with E-state index < -0.39 is 5.91 Å². The number of nitrogens with one attached hydrogen (secondary N) is 1. The molecule has 1 amide bonds. The fraction of sp³-hybridized carbons (Fsp3) is 0. The molecule has 3 heterocycles. The van der Waals surface area contributed by atoms with Gasteiger partial charge in [-0.2, -0.15) is 0 Å². The summed E-state index contributed by atoms with van der Waals surface area (Å²) < 4.78 is 1.65. The molecule has 4 aromatic rings. The molecule has 0 aliphatic heterocycles. The van der Waals surface area contributed by atoms with Gasteiger partial charge in [0.05, 0.1) is 11.9 Å². The van der Waals surface area contributed by atoms with Crippen LogP contribution in [0.4, 0.5) is 5.82 Å². The number of imidazole rings is 1. The van der Waals surface area contributed by atoms with Gasteiger partial charge in [-0.15, -0.1) is 5.10 Å². The van der Waals surface area contributed by atoms with Crippen molar-refractivity contribution in [2.45, 2.75) is 0 Å². The monoisotopic (exact) mass is 350 g/mol. The maximum Gasteiger partial charge on any atom is 0.294 e. The number of carbonyl (C=O) groups is 1. The lowest BCUT2D eigenvalue weighted by Gasteiger charge is -2.06. The summed E-state index contributed by atoms with van der Waals surface area (Å²) in [5.74, 6) is 0.00759. The van der Waals surface area contributed by atoms with Crippen LogP contribution in [0.25, 0.3) is 16.9 Å². The van der Waals surface area contributed by atoms with Crippen LogP contribution >= 0.6 is 11.6 Å². The normalized spacial score (nSPS) is 10.8. The molecule has 1 N–H and O–H groups in total. The quantitative estimate of drug-likeness (QED) is 0.613.